The molecule has 0 spiro atoms. The van der Waals surface area contributed by atoms with Gasteiger partial charge >= 0.3 is 0 Å². The molecular formula is C23H23ClN2O4S. The van der Waals surface area contributed by atoms with Crippen molar-refractivity contribution in [2.24, 2.45) is 0 Å². The summed E-state index contributed by atoms with van der Waals surface area (Å²) in [6, 6.07) is 17.8. The minimum absolute atomic E-state index is 0.124. The first-order chi connectivity index (χ1) is 14.7. The molecule has 162 valence electrons. The molecule has 0 fully saturated rings. The van der Waals surface area contributed by atoms with Crippen LogP contribution in [0.25, 0.3) is 0 Å². The lowest BCUT2D eigenvalue weighted by Crippen LogP contribution is -2.29. The lowest BCUT2D eigenvalue weighted by Gasteiger charge is -2.21. The number of carbonyl (C=O) groups excluding carboxylic acids is 1. The summed E-state index contributed by atoms with van der Waals surface area (Å²) in [6.45, 7) is 3.62. The number of hydrogen-bond acceptors (Lipinski definition) is 5. The van der Waals surface area contributed by atoms with Crippen molar-refractivity contribution in [1.82, 2.24) is 0 Å². The Morgan fingerprint density at radius 1 is 1.03 bits per heavy atom. The number of phenols is 1. The Morgan fingerprint density at radius 3 is 2.29 bits per heavy atom. The highest BCUT2D eigenvalue weighted by Crippen LogP contribution is 2.35. The zero-order valence-corrected chi connectivity index (χ0v) is 18.7. The molecular weight excluding hydrogens is 436 g/mol. The van der Waals surface area contributed by atoms with Crippen molar-refractivity contribution < 1.29 is 18.3 Å². The Labute approximate surface area is 186 Å². The molecule has 0 bridgehead atoms. The smallest absolute Gasteiger partial charge is 0.255 e. The van der Waals surface area contributed by atoms with Gasteiger partial charge in [-0.25, -0.2) is 8.42 Å². The zero-order chi connectivity index (χ0) is 22.6. The van der Waals surface area contributed by atoms with E-state index in [-0.39, 0.29) is 33.5 Å². The summed E-state index contributed by atoms with van der Waals surface area (Å²) in [4.78, 5) is 12.5. The van der Waals surface area contributed by atoms with Crippen LogP contribution in [0.4, 0.5) is 11.4 Å². The number of anilines is 2. The van der Waals surface area contributed by atoms with Gasteiger partial charge in [0.15, 0.2) is 9.84 Å². The van der Waals surface area contributed by atoms with Crippen LogP contribution in [0.15, 0.2) is 71.6 Å². The minimum Gasteiger partial charge on any atom is -0.506 e. The van der Waals surface area contributed by atoms with Crippen LogP contribution >= 0.6 is 11.6 Å². The van der Waals surface area contributed by atoms with Crippen LogP contribution in [0, 0.1) is 6.92 Å². The number of amides is 1. The zero-order valence-electron chi connectivity index (χ0n) is 17.1. The molecule has 8 heteroatoms. The van der Waals surface area contributed by atoms with Crippen LogP contribution in [0.2, 0.25) is 5.02 Å². The Balaban J connectivity index is 1.83. The second-order valence-electron chi connectivity index (χ2n) is 7.07. The largest absolute Gasteiger partial charge is 0.506 e. The highest BCUT2D eigenvalue weighted by atomic mass is 35.5. The van der Waals surface area contributed by atoms with E-state index in [1.165, 1.54) is 12.1 Å². The van der Waals surface area contributed by atoms with Crippen LogP contribution in [0.1, 0.15) is 29.3 Å². The molecule has 6 nitrogen and oxygen atoms in total. The first kappa shape index (κ1) is 22.7. The summed E-state index contributed by atoms with van der Waals surface area (Å²) >= 11 is 6.33. The van der Waals surface area contributed by atoms with Gasteiger partial charge in [0.2, 0.25) is 0 Å². The van der Waals surface area contributed by atoms with Gasteiger partial charge in [0, 0.05) is 11.6 Å². The number of phenolic OH excluding ortho intramolecular Hbond substituents is 1. The topological polar surface area (TPSA) is 95.5 Å². The van der Waals surface area contributed by atoms with Gasteiger partial charge in [0.1, 0.15) is 11.1 Å². The number of benzene rings is 3. The highest BCUT2D eigenvalue weighted by molar-refractivity contribution is 7.92. The van der Waals surface area contributed by atoms with Gasteiger partial charge in [-0.2, -0.15) is 0 Å². The molecule has 0 aliphatic heterocycles. The summed E-state index contributed by atoms with van der Waals surface area (Å²) in [5.74, 6) is -0.639. The van der Waals surface area contributed by atoms with Crippen molar-refractivity contribution in [1.29, 1.82) is 0 Å². The maximum absolute atomic E-state index is 13.0. The van der Waals surface area contributed by atoms with Gasteiger partial charge in [0.25, 0.3) is 5.91 Å². The summed E-state index contributed by atoms with van der Waals surface area (Å²) < 4.78 is 26.0. The molecule has 1 amide bonds. The van der Waals surface area contributed by atoms with Gasteiger partial charge < -0.3 is 15.7 Å². The third-order valence-corrected chi connectivity index (χ3v) is 7.22. The molecule has 1 atom stereocenters. The van der Waals surface area contributed by atoms with Gasteiger partial charge in [-0.05, 0) is 43.7 Å². The molecule has 0 radical (unpaired) electrons. The van der Waals surface area contributed by atoms with Crippen molar-refractivity contribution in [2.45, 2.75) is 30.5 Å². The molecule has 3 N–H and O–H groups in total. The van der Waals surface area contributed by atoms with E-state index in [0.717, 1.165) is 5.56 Å². The second kappa shape index (κ2) is 9.41. The van der Waals surface area contributed by atoms with E-state index in [1.54, 1.807) is 61.5 Å². The molecule has 3 aromatic carbocycles. The number of halogens is 1. The third-order valence-electron chi connectivity index (χ3n) is 4.78. The van der Waals surface area contributed by atoms with Crippen LogP contribution in [-0.4, -0.2) is 24.8 Å². The summed E-state index contributed by atoms with van der Waals surface area (Å²) in [7, 11) is -3.68. The average molecular weight is 459 g/mol. The summed E-state index contributed by atoms with van der Waals surface area (Å²) in [5, 5.41) is 15.1. The molecule has 0 aromatic heterocycles. The van der Waals surface area contributed by atoms with E-state index in [4.69, 9.17) is 11.6 Å². The average Bonchev–Trinajstić information content (AvgIpc) is 2.75. The molecule has 1 unspecified atom stereocenters. The van der Waals surface area contributed by atoms with Gasteiger partial charge in [0.05, 0.1) is 21.3 Å². The van der Waals surface area contributed by atoms with Crippen LogP contribution < -0.4 is 10.6 Å². The van der Waals surface area contributed by atoms with Gasteiger partial charge in [-0.3, -0.25) is 4.79 Å². The van der Waals surface area contributed by atoms with Crippen molar-refractivity contribution >= 4 is 38.7 Å². The maximum atomic E-state index is 13.0. The van der Waals surface area contributed by atoms with E-state index >= 15 is 0 Å². The fourth-order valence-corrected chi connectivity index (χ4v) is 4.80. The van der Waals surface area contributed by atoms with Crippen LogP contribution in [0.3, 0.4) is 0 Å². The fourth-order valence-electron chi connectivity index (χ4n) is 3.02. The predicted molar refractivity (Wildman–Crippen MR) is 124 cm³/mol. The number of rotatable bonds is 7. The van der Waals surface area contributed by atoms with E-state index in [0.29, 0.717) is 5.56 Å². The van der Waals surface area contributed by atoms with E-state index < -0.39 is 21.1 Å². The van der Waals surface area contributed by atoms with Gasteiger partial charge in [-0.15, -0.1) is 0 Å². The number of aryl methyl sites for hydroxylation is 1. The fraction of sp³-hybridized carbons (Fsp3) is 0.174. The van der Waals surface area contributed by atoms with Crippen molar-refractivity contribution in [3.05, 3.63) is 82.9 Å². The molecule has 31 heavy (non-hydrogen) atoms. The monoisotopic (exact) mass is 458 g/mol. The van der Waals surface area contributed by atoms with Crippen molar-refractivity contribution in [2.75, 3.05) is 10.6 Å². The van der Waals surface area contributed by atoms with E-state index in [9.17, 15) is 18.3 Å². The Morgan fingerprint density at radius 2 is 1.68 bits per heavy atom. The standard InChI is InChI=1S/C23H23ClN2O4S/c1-3-22(31(29,30)17-11-9-15(2)10-12-17)25-19-14-21(27)20(13-18(19)24)26-23(28)16-7-5-4-6-8-16/h4-14,22,25,27H,3H2,1-2H3,(H,26,28). The van der Waals surface area contributed by atoms with E-state index in [2.05, 4.69) is 10.6 Å². The lowest BCUT2D eigenvalue weighted by atomic mass is 10.2. The van der Waals surface area contributed by atoms with E-state index in [1.807, 2.05) is 6.92 Å². The van der Waals surface area contributed by atoms with Crippen LogP contribution in [0.5, 0.6) is 5.75 Å². The molecule has 3 aromatic rings. The second-order valence-corrected chi connectivity index (χ2v) is 9.61. The molecule has 3 rings (SSSR count). The molecule has 0 aliphatic rings. The number of sulfone groups is 1. The first-order valence-corrected chi connectivity index (χ1v) is 11.6. The minimum atomic E-state index is -3.68. The van der Waals surface area contributed by atoms with Crippen molar-refractivity contribution in [3.8, 4) is 5.75 Å². The summed E-state index contributed by atoms with van der Waals surface area (Å²) in [6.07, 6.45) is 0.278. The Bertz CT molecular complexity index is 1180. The SMILES string of the molecule is CCC(Nc1cc(O)c(NC(=O)c2ccccc2)cc1Cl)S(=O)(=O)c1ccc(C)cc1. The quantitative estimate of drug-likeness (QED) is 0.421. The Hall–Kier alpha value is -3.03. The third kappa shape index (κ3) is 5.18. The maximum Gasteiger partial charge on any atom is 0.255 e. The predicted octanol–water partition coefficient (Wildman–Crippen LogP) is 5.23. The number of nitrogens with one attached hydrogen (secondary N) is 2. The van der Waals surface area contributed by atoms with Crippen LogP contribution in [-0.2, 0) is 9.84 Å². The Kier molecular flexibility index (Phi) is 6.87. The molecule has 0 saturated heterocycles. The van der Waals surface area contributed by atoms with Gasteiger partial charge in [-0.1, -0.05) is 54.4 Å². The number of aromatic hydroxyl groups is 1. The molecule has 0 aliphatic carbocycles. The van der Waals surface area contributed by atoms with Crippen molar-refractivity contribution in [3.63, 3.8) is 0 Å². The first-order valence-electron chi connectivity index (χ1n) is 9.68. The summed E-state index contributed by atoms with van der Waals surface area (Å²) in [5.41, 5.74) is 1.76. The molecule has 0 heterocycles. The normalized spacial score (nSPS) is 12.2. The number of carbonyl (C=O) groups is 1. The number of hydrogen-bond donors (Lipinski definition) is 3. The lowest BCUT2D eigenvalue weighted by molar-refractivity contribution is 0.102. The molecule has 0 saturated carbocycles. The highest BCUT2D eigenvalue weighted by Gasteiger charge is 2.27.